The van der Waals surface area contributed by atoms with E-state index in [2.05, 4.69) is 9.55 Å². The summed E-state index contributed by atoms with van der Waals surface area (Å²) < 4.78 is 13.3. The molecule has 2 aliphatic rings. The van der Waals surface area contributed by atoms with Crippen molar-refractivity contribution in [3.05, 3.63) is 42.9 Å². The van der Waals surface area contributed by atoms with E-state index in [0.717, 1.165) is 25.8 Å². The Bertz CT molecular complexity index is 638. The second-order valence-corrected chi connectivity index (χ2v) is 6.20. The molecule has 2 aromatic rings. The van der Waals surface area contributed by atoms with Crippen molar-refractivity contribution in [2.24, 2.45) is 0 Å². The van der Waals surface area contributed by atoms with E-state index in [0.29, 0.717) is 24.8 Å². The van der Waals surface area contributed by atoms with Crippen LogP contribution in [-0.4, -0.2) is 45.7 Å². The molecule has 0 N–H and O–H groups in total. The summed E-state index contributed by atoms with van der Waals surface area (Å²) in [5.41, 5.74) is 0.397. The predicted octanol–water partition coefficient (Wildman–Crippen LogP) is 2.11. The summed E-state index contributed by atoms with van der Waals surface area (Å²) in [5, 5.41) is 0. The maximum atomic E-state index is 12.5. The van der Waals surface area contributed by atoms with Gasteiger partial charge >= 0.3 is 0 Å². The summed E-state index contributed by atoms with van der Waals surface area (Å²) in [4.78, 5) is 18.5. The maximum Gasteiger partial charge on any atom is 0.257 e. The number of hydrogen-bond donors (Lipinski definition) is 0. The van der Waals surface area contributed by atoms with Gasteiger partial charge in [-0.15, -0.1) is 0 Å². The van der Waals surface area contributed by atoms with E-state index < -0.39 is 0 Å². The van der Waals surface area contributed by atoms with Crippen LogP contribution >= 0.6 is 0 Å². The average molecular weight is 301 g/mol. The molecule has 0 saturated carbocycles. The van der Waals surface area contributed by atoms with E-state index in [4.69, 9.17) is 9.15 Å². The molecule has 2 atom stereocenters. The molecular weight excluding hydrogens is 282 g/mol. The standard InChI is InChI=1S/C16H19N3O3/c20-15(13-2-7-21-9-13)18-5-1-3-16(11-18)8-14(10-22-16)19-6-4-17-12-19/h2,4,6-7,9,12,14H,1,3,5,8,10-11H2/t14-,16-/m0/s1. The third kappa shape index (κ3) is 2.33. The number of aromatic nitrogens is 2. The van der Waals surface area contributed by atoms with Crippen molar-refractivity contribution in [3.63, 3.8) is 0 Å². The Hall–Kier alpha value is -2.08. The molecule has 0 unspecified atom stereocenters. The van der Waals surface area contributed by atoms with Crippen LogP contribution in [0.15, 0.2) is 41.7 Å². The van der Waals surface area contributed by atoms with Gasteiger partial charge < -0.3 is 18.6 Å². The lowest BCUT2D eigenvalue weighted by Crippen LogP contribution is -2.50. The number of imidazole rings is 1. The molecule has 116 valence electrons. The van der Waals surface area contributed by atoms with Crippen molar-refractivity contribution >= 4 is 5.91 Å². The highest BCUT2D eigenvalue weighted by atomic mass is 16.5. The average Bonchev–Trinajstić information content (AvgIpc) is 3.28. The van der Waals surface area contributed by atoms with E-state index in [-0.39, 0.29) is 11.5 Å². The van der Waals surface area contributed by atoms with Crippen molar-refractivity contribution in [2.75, 3.05) is 19.7 Å². The van der Waals surface area contributed by atoms with Crippen LogP contribution in [0, 0.1) is 0 Å². The van der Waals surface area contributed by atoms with Gasteiger partial charge in [-0.1, -0.05) is 0 Å². The Labute approximate surface area is 128 Å². The van der Waals surface area contributed by atoms with Gasteiger partial charge in [0.05, 0.1) is 42.9 Å². The van der Waals surface area contributed by atoms with Gasteiger partial charge in [-0.05, 0) is 18.9 Å². The number of amides is 1. The first-order chi connectivity index (χ1) is 10.8. The Kier molecular flexibility index (Phi) is 3.26. The number of carbonyl (C=O) groups is 1. The lowest BCUT2D eigenvalue weighted by Gasteiger charge is -2.39. The van der Waals surface area contributed by atoms with Crippen LogP contribution in [0.1, 0.15) is 35.7 Å². The van der Waals surface area contributed by atoms with E-state index >= 15 is 0 Å². The molecule has 6 heteroatoms. The van der Waals surface area contributed by atoms with Crippen molar-refractivity contribution in [3.8, 4) is 0 Å². The van der Waals surface area contributed by atoms with E-state index in [1.807, 2.05) is 17.4 Å². The Balaban J connectivity index is 1.48. The van der Waals surface area contributed by atoms with Crippen molar-refractivity contribution in [1.82, 2.24) is 14.5 Å². The molecule has 0 radical (unpaired) electrons. The monoisotopic (exact) mass is 301 g/mol. The number of likely N-dealkylation sites (tertiary alicyclic amines) is 1. The molecule has 2 aromatic heterocycles. The first-order valence-electron chi connectivity index (χ1n) is 7.69. The summed E-state index contributed by atoms with van der Waals surface area (Å²) in [6.45, 7) is 2.12. The number of nitrogens with zero attached hydrogens (tertiary/aromatic N) is 3. The molecule has 0 aliphatic carbocycles. The smallest absolute Gasteiger partial charge is 0.257 e. The first-order valence-corrected chi connectivity index (χ1v) is 7.69. The number of ether oxygens (including phenoxy) is 1. The highest BCUT2D eigenvalue weighted by molar-refractivity contribution is 5.93. The third-order valence-corrected chi connectivity index (χ3v) is 4.73. The zero-order valence-corrected chi connectivity index (χ0v) is 12.4. The van der Waals surface area contributed by atoms with Gasteiger partial charge in [0.25, 0.3) is 5.91 Å². The van der Waals surface area contributed by atoms with Crippen LogP contribution in [-0.2, 0) is 4.74 Å². The molecular formula is C16H19N3O3. The molecule has 1 spiro atoms. The van der Waals surface area contributed by atoms with Crippen LogP contribution in [0.25, 0.3) is 0 Å². The number of rotatable bonds is 2. The normalized spacial score (nSPS) is 28.4. The van der Waals surface area contributed by atoms with E-state index in [1.54, 1.807) is 12.3 Å². The fourth-order valence-electron chi connectivity index (χ4n) is 3.62. The summed E-state index contributed by atoms with van der Waals surface area (Å²) in [7, 11) is 0. The maximum absolute atomic E-state index is 12.5. The number of furan rings is 1. The summed E-state index contributed by atoms with van der Waals surface area (Å²) in [6.07, 6.45) is 11.6. The third-order valence-electron chi connectivity index (χ3n) is 4.73. The molecule has 4 heterocycles. The van der Waals surface area contributed by atoms with Crippen molar-refractivity contribution in [2.45, 2.75) is 30.9 Å². The topological polar surface area (TPSA) is 60.5 Å². The van der Waals surface area contributed by atoms with Crippen LogP contribution in [0.3, 0.4) is 0 Å². The number of hydrogen-bond acceptors (Lipinski definition) is 4. The molecule has 4 rings (SSSR count). The second kappa shape index (κ2) is 5.28. The Morgan fingerprint density at radius 2 is 2.41 bits per heavy atom. The largest absolute Gasteiger partial charge is 0.472 e. The second-order valence-electron chi connectivity index (χ2n) is 6.20. The quantitative estimate of drug-likeness (QED) is 0.852. The lowest BCUT2D eigenvalue weighted by atomic mass is 9.88. The fraction of sp³-hybridized carbons (Fsp3) is 0.500. The van der Waals surface area contributed by atoms with Crippen LogP contribution in [0.4, 0.5) is 0 Å². The minimum absolute atomic E-state index is 0.0301. The molecule has 6 nitrogen and oxygen atoms in total. The van der Waals surface area contributed by atoms with E-state index in [1.165, 1.54) is 12.5 Å². The highest BCUT2D eigenvalue weighted by Gasteiger charge is 2.45. The molecule has 22 heavy (non-hydrogen) atoms. The Morgan fingerprint density at radius 3 is 3.18 bits per heavy atom. The molecule has 2 saturated heterocycles. The van der Waals surface area contributed by atoms with Gasteiger partial charge in [-0.3, -0.25) is 4.79 Å². The van der Waals surface area contributed by atoms with Crippen LogP contribution in [0.5, 0.6) is 0 Å². The van der Waals surface area contributed by atoms with Gasteiger partial charge in [0.15, 0.2) is 0 Å². The Morgan fingerprint density at radius 1 is 1.45 bits per heavy atom. The van der Waals surface area contributed by atoms with Gasteiger partial charge in [0, 0.05) is 25.4 Å². The minimum atomic E-state index is -0.216. The molecule has 0 aromatic carbocycles. The summed E-state index contributed by atoms with van der Waals surface area (Å²) >= 11 is 0. The molecule has 0 bridgehead atoms. The molecule has 2 aliphatic heterocycles. The van der Waals surface area contributed by atoms with Gasteiger partial charge in [0.1, 0.15) is 6.26 Å². The SMILES string of the molecule is O=C(c1ccoc1)N1CCC[C@]2(C[C@H](n3ccnc3)CO2)C1. The van der Waals surface area contributed by atoms with Gasteiger partial charge in [-0.25, -0.2) is 4.98 Å². The zero-order valence-electron chi connectivity index (χ0n) is 12.4. The van der Waals surface area contributed by atoms with Gasteiger partial charge in [0.2, 0.25) is 0 Å². The zero-order chi connectivity index (χ0) is 15.0. The van der Waals surface area contributed by atoms with Crippen LogP contribution < -0.4 is 0 Å². The lowest BCUT2D eigenvalue weighted by molar-refractivity contribution is -0.0449. The summed E-state index contributed by atoms with van der Waals surface area (Å²) in [6, 6.07) is 2.03. The van der Waals surface area contributed by atoms with Crippen molar-refractivity contribution in [1.29, 1.82) is 0 Å². The summed E-state index contributed by atoms with van der Waals surface area (Å²) in [5.74, 6) is 0.0301. The van der Waals surface area contributed by atoms with Gasteiger partial charge in [-0.2, -0.15) is 0 Å². The predicted molar refractivity (Wildman–Crippen MR) is 78.4 cm³/mol. The highest BCUT2D eigenvalue weighted by Crippen LogP contribution is 2.39. The minimum Gasteiger partial charge on any atom is -0.472 e. The molecule has 1 amide bonds. The van der Waals surface area contributed by atoms with Crippen molar-refractivity contribution < 1.29 is 13.9 Å². The molecule has 2 fully saturated rings. The number of piperidine rings is 1. The fourth-order valence-corrected chi connectivity index (χ4v) is 3.62. The first kappa shape index (κ1) is 13.6. The number of carbonyl (C=O) groups excluding carboxylic acids is 1. The van der Waals surface area contributed by atoms with E-state index in [9.17, 15) is 4.79 Å². The van der Waals surface area contributed by atoms with Crippen LogP contribution in [0.2, 0.25) is 0 Å².